The number of carbonyl (C=O) groups is 1. The SMILES string of the molecule is CC(=O)N(C)CC1c2c(ccc3c2OCCO3)C(C)C1C. The highest BCUT2D eigenvalue weighted by atomic mass is 16.6. The first-order valence-corrected chi connectivity index (χ1v) is 7.64. The highest BCUT2D eigenvalue weighted by Gasteiger charge is 2.40. The van der Waals surface area contributed by atoms with E-state index < -0.39 is 0 Å². The zero-order valence-electron chi connectivity index (χ0n) is 13.2. The topological polar surface area (TPSA) is 38.8 Å². The Morgan fingerprint density at radius 3 is 2.71 bits per heavy atom. The summed E-state index contributed by atoms with van der Waals surface area (Å²) in [5.74, 6) is 3.11. The standard InChI is InChI=1S/C17H23NO3/c1-10-11(2)14(9-18(4)12(3)19)16-13(10)5-6-15-17(16)21-8-7-20-15/h5-6,10-11,14H,7-9H2,1-4H3. The van der Waals surface area contributed by atoms with Crippen LogP contribution in [0, 0.1) is 5.92 Å². The molecule has 114 valence electrons. The van der Waals surface area contributed by atoms with Crippen LogP contribution in [0.25, 0.3) is 0 Å². The van der Waals surface area contributed by atoms with Crippen LogP contribution in [-0.4, -0.2) is 37.6 Å². The lowest BCUT2D eigenvalue weighted by atomic mass is 9.89. The van der Waals surface area contributed by atoms with Crippen LogP contribution in [0.4, 0.5) is 0 Å². The Morgan fingerprint density at radius 2 is 2.00 bits per heavy atom. The third-order valence-corrected chi connectivity index (χ3v) is 5.07. The Labute approximate surface area is 126 Å². The van der Waals surface area contributed by atoms with Gasteiger partial charge in [-0.25, -0.2) is 0 Å². The van der Waals surface area contributed by atoms with Crippen LogP contribution in [0.2, 0.25) is 0 Å². The summed E-state index contributed by atoms with van der Waals surface area (Å²) in [6.45, 7) is 8.07. The average Bonchev–Trinajstić information content (AvgIpc) is 2.72. The van der Waals surface area contributed by atoms with E-state index in [4.69, 9.17) is 9.47 Å². The lowest BCUT2D eigenvalue weighted by Gasteiger charge is -2.27. The van der Waals surface area contributed by atoms with Gasteiger partial charge in [0.1, 0.15) is 13.2 Å². The summed E-state index contributed by atoms with van der Waals surface area (Å²) in [7, 11) is 1.87. The molecule has 3 atom stereocenters. The summed E-state index contributed by atoms with van der Waals surface area (Å²) in [5.41, 5.74) is 2.59. The second-order valence-electron chi connectivity index (χ2n) is 6.25. The smallest absolute Gasteiger partial charge is 0.219 e. The zero-order valence-corrected chi connectivity index (χ0v) is 13.2. The Kier molecular flexibility index (Phi) is 3.56. The quantitative estimate of drug-likeness (QED) is 0.840. The number of carbonyl (C=O) groups excluding carboxylic acids is 1. The second-order valence-corrected chi connectivity index (χ2v) is 6.25. The van der Waals surface area contributed by atoms with E-state index in [0.717, 1.165) is 18.0 Å². The van der Waals surface area contributed by atoms with Crippen molar-refractivity contribution in [2.24, 2.45) is 5.92 Å². The lowest BCUT2D eigenvalue weighted by molar-refractivity contribution is -0.127. The van der Waals surface area contributed by atoms with Gasteiger partial charge < -0.3 is 14.4 Å². The lowest BCUT2D eigenvalue weighted by Crippen LogP contribution is -2.30. The molecule has 1 aliphatic carbocycles. The molecule has 1 heterocycles. The van der Waals surface area contributed by atoms with Crippen LogP contribution in [0.1, 0.15) is 43.7 Å². The van der Waals surface area contributed by atoms with E-state index in [9.17, 15) is 4.79 Å². The van der Waals surface area contributed by atoms with Gasteiger partial charge in [-0.15, -0.1) is 0 Å². The number of benzene rings is 1. The largest absolute Gasteiger partial charge is 0.486 e. The molecule has 3 unspecified atom stereocenters. The third-order valence-electron chi connectivity index (χ3n) is 5.07. The molecule has 0 saturated heterocycles. The number of hydrogen-bond acceptors (Lipinski definition) is 3. The molecule has 1 aromatic carbocycles. The van der Waals surface area contributed by atoms with Crippen molar-refractivity contribution in [3.8, 4) is 11.5 Å². The van der Waals surface area contributed by atoms with Crippen molar-refractivity contribution in [2.75, 3.05) is 26.8 Å². The van der Waals surface area contributed by atoms with Gasteiger partial charge in [-0.05, 0) is 23.5 Å². The van der Waals surface area contributed by atoms with Gasteiger partial charge in [0.2, 0.25) is 5.91 Å². The first kappa shape index (κ1) is 14.2. The van der Waals surface area contributed by atoms with Crippen LogP contribution < -0.4 is 9.47 Å². The van der Waals surface area contributed by atoms with Crippen molar-refractivity contribution in [1.82, 2.24) is 4.90 Å². The van der Waals surface area contributed by atoms with Gasteiger partial charge in [0.05, 0.1) is 0 Å². The van der Waals surface area contributed by atoms with Crippen molar-refractivity contribution >= 4 is 5.91 Å². The second kappa shape index (κ2) is 5.24. The highest BCUT2D eigenvalue weighted by molar-refractivity contribution is 5.73. The van der Waals surface area contributed by atoms with Gasteiger partial charge in [-0.2, -0.15) is 0 Å². The van der Waals surface area contributed by atoms with E-state index in [1.165, 1.54) is 11.1 Å². The molecule has 0 aromatic heterocycles. The molecular formula is C17H23NO3. The maximum atomic E-state index is 11.6. The van der Waals surface area contributed by atoms with Gasteiger partial charge in [-0.3, -0.25) is 4.79 Å². The van der Waals surface area contributed by atoms with Crippen molar-refractivity contribution in [3.63, 3.8) is 0 Å². The van der Waals surface area contributed by atoms with Gasteiger partial charge in [0.25, 0.3) is 0 Å². The number of likely N-dealkylation sites (N-methyl/N-ethyl adjacent to an activating group) is 1. The summed E-state index contributed by atoms with van der Waals surface area (Å²) >= 11 is 0. The number of rotatable bonds is 2. The molecule has 0 radical (unpaired) electrons. The fourth-order valence-corrected chi connectivity index (χ4v) is 3.51. The van der Waals surface area contributed by atoms with Crippen molar-refractivity contribution < 1.29 is 14.3 Å². The van der Waals surface area contributed by atoms with E-state index in [1.54, 1.807) is 11.8 Å². The fraction of sp³-hybridized carbons (Fsp3) is 0.588. The molecule has 0 fully saturated rings. The van der Waals surface area contributed by atoms with Gasteiger partial charge in [0.15, 0.2) is 11.5 Å². The maximum Gasteiger partial charge on any atom is 0.219 e. The molecule has 0 N–H and O–H groups in total. The third kappa shape index (κ3) is 2.27. The van der Waals surface area contributed by atoms with Gasteiger partial charge in [0, 0.05) is 32.0 Å². The normalized spacial score (nSPS) is 26.4. The van der Waals surface area contributed by atoms with E-state index in [-0.39, 0.29) is 5.91 Å². The van der Waals surface area contributed by atoms with Crippen LogP contribution in [0.5, 0.6) is 11.5 Å². The minimum absolute atomic E-state index is 0.102. The number of amides is 1. The van der Waals surface area contributed by atoms with E-state index in [0.29, 0.717) is 31.0 Å². The summed E-state index contributed by atoms with van der Waals surface area (Å²) in [4.78, 5) is 13.4. The fourth-order valence-electron chi connectivity index (χ4n) is 3.51. The Morgan fingerprint density at radius 1 is 1.29 bits per heavy atom. The average molecular weight is 289 g/mol. The van der Waals surface area contributed by atoms with Crippen molar-refractivity contribution in [2.45, 2.75) is 32.6 Å². The molecule has 0 spiro atoms. The minimum Gasteiger partial charge on any atom is -0.486 e. The summed E-state index contributed by atoms with van der Waals surface area (Å²) in [5, 5.41) is 0. The molecule has 2 aliphatic rings. The molecule has 4 heteroatoms. The van der Waals surface area contributed by atoms with Gasteiger partial charge >= 0.3 is 0 Å². The van der Waals surface area contributed by atoms with Crippen molar-refractivity contribution in [1.29, 1.82) is 0 Å². The van der Waals surface area contributed by atoms with Crippen LogP contribution >= 0.6 is 0 Å². The first-order chi connectivity index (χ1) is 10.0. The van der Waals surface area contributed by atoms with Crippen LogP contribution in [-0.2, 0) is 4.79 Å². The predicted molar refractivity (Wildman–Crippen MR) is 81.1 cm³/mol. The predicted octanol–water partition coefficient (Wildman–Crippen LogP) is 2.77. The van der Waals surface area contributed by atoms with E-state index in [1.807, 2.05) is 13.1 Å². The van der Waals surface area contributed by atoms with Crippen LogP contribution in [0.3, 0.4) is 0 Å². The Balaban J connectivity index is 2.03. The molecule has 21 heavy (non-hydrogen) atoms. The molecule has 3 rings (SSSR count). The molecule has 1 amide bonds. The Hall–Kier alpha value is -1.71. The number of fused-ring (bicyclic) bond motifs is 3. The zero-order chi connectivity index (χ0) is 15.1. The summed E-state index contributed by atoms with van der Waals surface area (Å²) < 4.78 is 11.6. The van der Waals surface area contributed by atoms with Gasteiger partial charge in [-0.1, -0.05) is 19.9 Å². The number of nitrogens with zero attached hydrogens (tertiary/aromatic N) is 1. The Bertz CT molecular complexity index is 569. The van der Waals surface area contributed by atoms with Crippen molar-refractivity contribution in [3.05, 3.63) is 23.3 Å². The highest BCUT2D eigenvalue weighted by Crippen LogP contribution is 2.53. The molecule has 1 aliphatic heterocycles. The maximum absolute atomic E-state index is 11.6. The van der Waals surface area contributed by atoms with E-state index >= 15 is 0 Å². The monoisotopic (exact) mass is 289 g/mol. The van der Waals surface area contributed by atoms with Crippen LogP contribution in [0.15, 0.2) is 12.1 Å². The summed E-state index contributed by atoms with van der Waals surface area (Å²) in [6.07, 6.45) is 0. The minimum atomic E-state index is 0.102. The summed E-state index contributed by atoms with van der Waals surface area (Å²) in [6, 6.07) is 4.19. The molecule has 1 aromatic rings. The van der Waals surface area contributed by atoms with E-state index in [2.05, 4.69) is 19.9 Å². The number of hydrogen-bond donors (Lipinski definition) is 0. The molecule has 0 bridgehead atoms. The number of ether oxygens (including phenoxy) is 2. The first-order valence-electron chi connectivity index (χ1n) is 7.64. The molecular weight excluding hydrogens is 266 g/mol. The molecule has 4 nitrogen and oxygen atoms in total. The molecule has 0 saturated carbocycles.